The molecule has 0 aliphatic heterocycles. The van der Waals surface area contributed by atoms with E-state index in [2.05, 4.69) is 19.3 Å². The molecule has 11 heavy (non-hydrogen) atoms. The molecule has 0 aromatic heterocycles. The fourth-order valence-electron chi connectivity index (χ4n) is 2.63. The third-order valence-electron chi connectivity index (χ3n) is 3.72. The molecule has 1 heteroatoms. The van der Waals surface area contributed by atoms with E-state index in [4.69, 9.17) is 0 Å². The van der Waals surface area contributed by atoms with Crippen LogP contribution in [0.2, 0.25) is 0 Å². The van der Waals surface area contributed by atoms with Gasteiger partial charge in [-0.2, -0.15) is 0 Å². The van der Waals surface area contributed by atoms with Gasteiger partial charge in [-0.25, -0.2) is 0 Å². The smallest absolute Gasteiger partial charge is 0.000503 e. The first-order valence-corrected chi connectivity index (χ1v) is 4.91. The number of nitrogens with one attached hydrogen (secondary N) is 1. The van der Waals surface area contributed by atoms with E-state index in [1.807, 2.05) is 0 Å². The molecule has 1 nitrogen and oxygen atoms in total. The molecule has 1 N–H and O–H groups in total. The zero-order valence-corrected chi connectivity index (χ0v) is 7.69. The molecular formula is C10H19N. The highest BCUT2D eigenvalue weighted by atomic mass is 14.9. The van der Waals surface area contributed by atoms with Gasteiger partial charge in [0.25, 0.3) is 0 Å². The molecule has 2 saturated carbocycles. The lowest BCUT2D eigenvalue weighted by atomic mass is 9.79. The van der Waals surface area contributed by atoms with Gasteiger partial charge in [-0.3, -0.25) is 0 Å². The first-order valence-electron chi connectivity index (χ1n) is 4.91. The molecule has 2 aliphatic rings. The molecular weight excluding hydrogens is 134 g/mol. The Morgan fingerprint density at radius 1 is 1.45 bits per heavy atom. The normalized spacial score (nSPS) is 43.6. The Morgan fingerprint density at radius 3 is 2.64 bits per heavy atom. The Hall–Kier alpha value is -0.0400. The van der Waals surface area contributed by atoms with Gasteiger partial charge >= 0.3 is 0 Å². The summed E-state index contributed by atoms with van der Waals surface area (Å²) in [7, 11) is 2.07. The minimum Gasteiger partial charge on any atom is -0.319 e. The summed E-state index contributed by atoms with van der Waals surface area (Å²) >= 11 is 0. The monoisotopic (exact) mass is 153 g/mol. The second-order valence-corrected chi connectivity index (χ2v) is 4.69. The standard InChI is InChI=1S/C10H19N/c1-10(7-11-2)6-9(10)8-4-3-5-8/h8-9,11H,3-7H2,1-2H3. The minimum atomic E-state index is 0.680. The summed E-state index contributed by atoms with van der Waals surface area (Å²) in [5, 5.41) is 3.30. The maximum absolute atomic E-state index is 3.30. The van der Waals surface area contributed by atoms with Crippen LogP contribution in [0.3, 0.4) is 0 Å². The first-order chi connectivity index (χ1) is 5.26. The Kier molecular flexibility index (Phi) is 1.71. The lowest BCUT2D eigenvalue weighted by Crippen LogP contribution is -2.23. The number of hydrogen-bond acceptors (Lipinski definition) is 1. The molecule has 0 bridgehead atoms. The molecule has 0 radical (unpaired) electrons. The van der Waals surface area contributed by atoms with E-state index in [0.717, 1.165) is 11.8 Å². The van der Waals surface area contributed by atoms with Crippen LogP contribution in [-0.2, 0) is 0 Å². The molecule has 0 aromatic rings. The van der Waals surface area contributed by atoms with Gasteiger partial charge in [0.1, 0.15) is 0 Å². The Bertz CT molecular complexity index is 151. The molecule has 64 valence electrons. The highest BCUT2D eigenvalue weighted by Gasteiger charge is 2.53. The first kappa shape index (κ1) is 7.60. The van der Waals surface area contributed by atoms with Crippen LogP contribution < -0.4 is 5.32 Å². The van der Waals surface area contributed by atoms with E-state index in [-0.39, 0.29) is 0 Å². The predicted octanol–water partition coefficient (Wildman–Crippen LogP) is 2.03. The molecule has 2 aliphatic carbocycles. The van der Waals surface area contributed by atoms with Crippen molar-refractivity contribution in [1.29, 1.82) is 0 Å². The van der Waals surface area contributed by atoms with Crippen molar-refractivity contribution in [1.82, 2.24) is 5.32 Å². The summed E-state index contributed by atoms with van der Waals surface area (Å²) in [6.45, 7) is 3.67. The summed E-state index contributed by atoms with van der Waals surface area (Å²) in [5.74, 6) is 2.18. The summed E-state index contributed by atoms with van der Waals surface area (Å²) in [6, 6.07) is 0. The van der Waals surface area contributed by atoms with Crippen molar-refractivity contribution >= 4 is 0 Å². The van der Waals surface area contributed by atoms with Gasteiger partial charge in [0.05, 0.1) is 0 Å². The SMILES string of the molecule is CNCC1(C)CC1C1CCC1. The Labute approximate surface area is 69.6 Å². The van der Waals surface area contributed by atoms with E-state index >= 15 is 0 Å². The Morgan fingerprint density at radius 2 is 2.18 bits per heavy atom. The minimum absolute atomic E-state index is 0.680. The summed E-state index contributed by atoms with van der Waals surface area (Å²) < 4.78 is 0. The zero-order valence-electron chi connectivity index (χ0n) is 7.69. The van der Waals surface area contributed by atoms with E-state index in [1.165, 1.54) is 32.2 Å². The van der Waals surface area contributed by atoms with Crippen LogP contribution in [0.5, 0.6) is 0 Å². The zero-order chi connectivity index (χ0) is 7.90. The fraction of sp³-hybridized carbons (Fsp3) is 1.00. The van der Waals surface area contributed by atoms with E-state index in [1.54, 1.807) is 0 Å². The molecule has 0 amide bonds. The van der Waals surface area contributed by atoms with Crippen molar-refractivity contribution in [2.24, 2.45) is 17.3 Å². The average Bonchev–Trinajstić information content (AvgIpc) is 2.39. The Balaban J connectivity index is 1.82. The van der Waals surface area contributed by atoms with Gasteiger partial charge in [-0.1, -0.05) is 26.2 Å². The van der Waals surface area contributed by atoms with Crippen molar-refractivity contribution in [3.63, 3.8) is 0 Å². The van der Waals surface area contributed by atoms with E-state index < -0.39 is 0 Å². The van der Waals surface area contributed by atoms with Crippen LogP contribution in [0, 0.1) is 17.3 Å². The maximum atomic E-state index is 3.30. The van der Waals surface area contributed by atoms with Gasteiger partial charge in [0.15, 0.2) is 0 Å². The van der Waals surface area contributed by atoms with Gasteiger partial charge in [0, 0.05) is 6.54 Å². The second kappa shape index (κ2) is 2.48. The van der Waals surface area contributed by atoms with Crippen LogP contribution >= 0.6 is 0 Å². The van der Waals surface area contributed by atoms with Crippen molar-refractivity contribution in [2.75, 3.05) is 13.6 Å². The van der Waals surface area contributed by atoms with Crippen molar-refractivity contribution in [3.05, 3.63) is 0 Å². The number of hydrogen-bond donors (Lipinski definition) is 1. The molecule has 0 aromatic carbocycles. The highest BCUT2D eigenvalue weighted by Crippen LogP contribution is 2.60. The van der Waals surface area contributed by atoms with Crippen molar-refractivity contribution < 1.29 is 0 Å². The summed E-state index contributed by atoms with van der Waals surface area (Å²) in [4.78, 5) is 0. The summed E-state index contributed by atoms with van der Waals surface area (Å²) in [5.41, 5.74) is 0.680. The number of rotatable bonds is 3. The van der Waals surface area contributed by atoms with Crippen molar-refractivity contribution in [3.8, 4) is 0 Å². The van der Waals surface area contributed by atoms with Crippen LogP contribution in [0.25, 0.3) is 0 Å². The van der Waals surface area contributed by atoms with Crippen LogP contribution in [0.1, 0.15) is 32.6 Å². The second-order valence-electron chi connectivity index (χ2n) is 4.69. The average molecular weight is 153 g/mol. The predicted molar refractivity (Wildman–Crippen MR) is 47.5 cm³/mol. The molecule has 0 spiro atoms. The van der Waals surface area contributed by atoms with E-state index in [9.17, 15) is 0 Å². The molecule has 2 unspecified atom stereocenters. The molecule has 0 heterocycles. The lowest BCUT2D eigenvalue weighted by Gasteiger charge is -2.27. The van der Waals surface area contributed by atoms with Crippen LogP contribution in [0.4, 0.5) is 0 Å². The van der Waals surface area contributed by atoms with Gasteiger partial charge < -0.3 is 5.32 Å². The third-order valence-corrected chi connectivity index (χ3v) is 3.72. The highest BCUT2D eigenvalue weighted by molar-refractivity contribution is 5.04. The van der Waals surface area contributed by atoms with Crippen molar-refractivity contribution in [2.45, 2.75) is 32.6 Å². The molecule has 2 rings (SSSR count). The summed E-state index contributed by atoms with van der Waals surface area (Å²) in [6.07, 6.45) is 6.02. The molecule has 2 fully saturated rings. The molecule has 2 atom stereocenters. The third kappa shape index (κ3) is 1.20. The van der Waals surface area contributed by atoms with Gasteiger partial charge in [-0.05, 0) is 30.7 Å². The quantitative estimate of drug-likeness (QED) is 0.654. The lowest BCUT2D eigenvalue weighted by molar-refractivity contribution is 0.242. The topological polar surface area (TPSA) is 12.0 Å². The fourth-order valence-corrected chi connectivity index (χ4v) is 2.63. The van der Waals surface area contributed by atoms with Crippen LogP contribution in [0.15, 0.2) is 0 Å². The van der Waals surface area contributed by atoms with Gasteiger partial charge in [-0.15, -0.1) is 0 Å². The van der Waals surface area contributed by atoms with Crippen LogP contribution in [-0.4, -0.2) is 13.6 Å². The largest absolute Gasteiger partial charge is 0.319 e. The van der Waals surface area contributed by atoms with Gasteiger partial charge in [0.2, 0.25) is 0 Å². The molecule has 0 saturated heterocycles. The maximum Gasteiger partial charge on any atom is 0.000503 e. The van der Waals surface area contributed by atoms with E-state index in [0.29, 0.717) is 5.41 Å².